The van der Waals surface area contributed by atoms with Gasteiger partial charge in [-0.25, -0.2) is 9.78 Å². The molecule has 200 valence electrons. The highest BCUT2D eigenvalue weighted by Gasteiger charge is 2.22. The van der Waals surface area contributed by atoms with E-state index in [1.807, 2.05) is 32.0 Å². The number of carbonyl (C=O) groups excluding carboxylic acids is 2. The molecule has 11 heteroatoms. The highest BCUT2D eigenvalue weighted by atomic mass is 16.5. The van der Waals surface area contributed by atoms with Gasteiger partial charge in [0.15, 0.2) is 0 Å². The predicted octanol–water partition coefficient (Wildman–Crippen LogP) is 4.82. The lowest BCUT2D eigenvalue weighted by molar-refractivity contribution is -0.119. The third-order valence-electron chi connectivity index (χ3n) is 5.75. The number of nitrogens with one attached hydrogen (secondary N) is 2. The second-order valence-corrected chi connectivity index (χ2v) is 10.4. The molecular formula is C27H33N7O4. The minimum Gasteiger partial charge on any atom is -0.389 e. The quantitative estimate of drug-likeness (QED) is 0.303. The monoisotopic (exact) mass is 519 g/mol. The maximum absolute atomic E-state index is 13.0. The molecule has 0 radical (unpaired) electrons. The van der Waals surface area contributed by atoms with Crippen molar-refractivity contribution in [1.82, 2.24) is 19.7 Å². The second kappa shape index (κ2) is 10.6. The average Bonchev–Trinajstić information content (AvgIpc) is 3.40. The standard InChI is InChI=1S/C27H33N7O4/c1-16(2)12-23(35)33(6)20-10-11-22-21(14-20)30-25(34(22)15-27(4,5)37)31-26(36)29-19-9-7-8-18(13-19)24-28-17(3)38-32-24/h7-11,13-14,16,37H,12,15H2,1-6H3,(H2,29,30,31,36). The van der Waals surface area contributed by atoms with E-state index in [9.17, 15) is 14.7 Å². The third kappa shape index (κ3) is 6.35. The Hall–Kier alpha value is -4.25. The third-order valence-corrected chi connectivity index (χ3v) is 5.75. The topological polar surface area (TPSA) is 138 Å². The lowest BCUT2D eigenvalue weighted by Crippen LogP contribution is -2.29. The number of fused-ring (bicyclic) bond motifs is 1. The molecule has 0 aliphatic carbocycles. The van der Waals surface area contributed by atoms with Gasteiger partial charge in [-0.3, -0.25) is 10.1 Å². The molecule has 0 unspecified atom stereocenters. The number of aryl methyl sites for hydroxylation is 1. The summed E-state index contributed by atoms with van der Waals surface area (Å²) in [7, 11) is 1.73. The molecule has 11 nitrogen and oxygen atoms in total. The molecular weight excluding hydrogens is 486 g/mol. The summed E-state index contributed by atoms with van der Waals surface area (Å²) in [5.74, 6) is 1.38. The first kappa shape index (κ1) is 26.8. The van der Waals surface area contributed by atoms with Crippen LogP contribution in [0.5, 0.6) is 0 Å². The molecule has 0 saturated carbocycles. The van der Waals surface area contributed by atoms with Gasteiger partial charge in [0.2, 0.25) is 23.6 Å². The van der Waals surface area contributed by atoms with Gasteiger partial charge in [-0.05, 0) is 50.1 Å². The number of hydrogen-bond donors (Lipinski definition) is 3. The van der Waals surface area contributed by atoms with E-state index >= 15 is 0 Å². The molecule has 0 aliphatic heterocycles. The molecule has 4 aromatic rings. The van der Waals surface area contributed by atoms with Gasteiger partial charge in [-0.15, -0.1) is 0 Å². The van der Waals surface area contributed by atoms with Crippen molar-refractivity contribution in [3.05, 3.63) is 48.4 Å². The second-order valence-electron chi connectivity index (χ2n) is 10.4. The SMILES string of the molecule is Cc1nc(-c2cccc(NC(=O)Nc3nc4cc(N(C)C(=O)CC(C)C)ccc4n3CC(C)(C)O)c2)no1. The Morgan fingerprint density at radius 3 is 2.55 bits per heavy atom. The van der Waals surface area contributed by atoms with Crippen LogP contribution in [0.3, 0.4) is 0 Å². The van der Waals surface area contributed by atoms with Crippen molar-refractivity contribution >= 4 is 40.3 Å². The van der Waals surface area contributed by atoms with Gasteiger partial charge in [-0.1, -0.05) is 31.1 Å². The maximum Gasteiger partial charge on any atom is 0.326 e. The first-order valence-electron chi connectivity index (χ1n) is 12.4. The zero-order chi connectivity index (χ0) is 27.6. The highest BCUT2D eigenvalue weighted by Crippen LogP contribution is 2.27. The summed E-state index contributed by atoms with van der Waals surface area (Å²) in [5, 5.41) is 20.0. The highest BCUT2D eigenvalue weighted by molar-refractivity contribution is 6.00. The fraction of sp³-hybridized carbons (Fsp3) is 0.370. The smallest absolute Gasteiger partial charge is 0.326 e. The molecule has 0 saturated heterocycles. The van der Waals surface area contributed by atoms with Crippen molar-refractivity contribution < 1.29 is 19.2 Å². The minimum atomic E-state index is -1.07. The molecule has 3 amide bonds. The number of amides is 3. The van der Waals surface area contributed by atoms with Crippen molar-refractivity contribution in [1.29, 1.82) is 0 Å². The number of carbonyl (C=O) groups is 2. The molecule has 0 spiro atoms. The minimum absolute atomic E-state index is 0.00575. The largest absolute Gasteiger partial charge is 0.389 e. The van der Waals surface area contributed by atoms with E-state index in [4.69, 9.17) is 4.52 Å². The van der Waals surface area contributed by atoms with Crippen LogP contribution >= 0.6 is 0 Å². The Bertz CT molecular complexity index is 1470. The Morgan fingerprint density at radius 2 is 1.89 bits per heavy atom. The molecule has 2 aromatic heterocycles. The van der Waals surface area contributed by atoms with E-state index in [-0.39, 0.29) is 24.3 Å². The molecule has 3 N–H and O–H groups in total. The molecule has 0 aliphatic rings. The van der Waals surface area contributed by atoms with Crippen molar-refractivity contribution in [3.63, 3.8) is 0 Å². The number of urea groups is 1. The van der Waals surface area contributed by atoms with Crippen LogP contribution in [0, 0.1) is 12.8 Å². The Kier molecular flexibility index (Phi) is 7.49. The zero-order valence-electron chi connectivity index (χ0n) is 22.4. The Labute approximate surface area is 220 Å². The summed E-state index contributed by atoms with van der Waals surface area (Å²) in [5.41, 5.74) is 2.14. The van der Waals surface area contributed by atoms with Gasteiger partial charge >= 0.3 is 6.03 Å². The number of imidazole rings is 1. The van der Waals surface area contributed by atoms with Gasteiger partial charge in [0, 0.05) is 37.3 Å². The lowest BCUT2D eigenvalue weighted by atomic mass is 10.1. The fourth-order valence-electron chi connectivity index (χ4n) is 4.02. The van der Waals surface area contributed by atoms with Gasteiger partial charge in [0.1, 0.15) is 0 Å². The van der Waals surface area contributed by atoms with E-state index in [2.05, 4.69) is 25.8 Å². The number of nitrogens with zero attached hydrogens (tertiary/aromatic N) is 5. The molecule has 2 aromatic carbocycles. The number of rotatable bonds is 8. The van der Waals surface area contributed by atoms with Gasteiger partial charge in [0.05, 0.1) is 23.2 Å². The van der Waals surface area contributed by atoms with Gasteiger partial charge < -0.3 is 24.4 Å². The van der Waals surface area contributed by atoms with Gasteiger partial charge in [-0.2, -0.15) is 4.98 Å². The van der Waals surface area contributed by atoms with Crippen LogP contribution in [0.1, 0.15) is 40.0 Å². The molecule has 2 heterocycles. The Balaban J connectivity index is 1.60. The molecule has 38 heavy (non-hydrogen) atoms. The number of aromatic nitrogens is 4. The number of hydrogen-bond acceptors (Lipinski definition) is 7. The summed E-state index contributed by atoms with van der Waals surface area (Å²) in [4.78, 5) is 36.0. The van der Waals surface area contributed by atoms with Crippen molar-refractivity contribution in [2.24, 2.45) is 5.92 Å². The summed E-state index contributed by atoms with van der Waals surface area (Å²) in [6, 6.07) is 12.0. The molecule has 4 rings (SSSR count). The van der Waals surface area contributed by atoms with Crippen molar-refractivity contribution in [3.8, 4) is 11.4 Å². The lowest BCUT2D eigenvalue weighted by Gasteiger charge is -2.21. The number of aliphatic hydroxyl groups is 1. The van der Waals surface area contributed by atoms with Gasteiger partial charge in [0.25, 0.3) is 0 Å². The molecule has 0 atom stereocenters. The fourth-order valence-corrected chi connectivity index (χ4v) is 4.02. The van der Waals surface area contributed by atoms with Crippen LogP contribution in [0.2, 0.25) is 0 Å². The summed E-state index contributed by atoms with van der Waals surface area (Å²) < 4.78 is 6.78. The molecule has 0 bridgehead atoms. The van der Waals surface area contributed by atoms with Crippen LogP contribution in [0.4, 0.5) is 22.1 Å². The number of anilines is 3. The predicted molar refractivity (Wildman–Crippen MR) is 146 cm³/mol. The van der Waals surface area contributed by atoms with Crippen LogP contribution in [-0.2, 0) is 11.3 Å². The van der Waals surface area contributed by atoms with Crippen LogP contribution < -0.4 is 15.5 Å². The van der Waals surface area contributed by atoms with Crippen LogP contribution in [-0.4, -0.2) is 49.4 Å². The number of benzene rings is 2. The van der Waals surface area contributed by atoms with E-state index in [0.717, 1.165) is 0 Å². The maximum atomic E-state index is 13.0. The summed E-state index contributed by atoms with van der Waals surface area (Å²) in [6.07, 6.45) is 0.433. The van der Waals surface area contributed by atoms with Crippen molar-refractivity contribution in [2.75, 3.05) is 22.6 Å². The Morgan fingerprint density at radius 1 is 1.13 bits per heavy atom. The van der Waals surface area contributed by atoms with Crippen LogP contribution in [0.15, 0.2) is 47.0 Å². The zero-order valence-corrected chi connectivity index (χ0v) is 22.4. The van der Waals surface area contributed by atoms with E-state index in [1.165, 1.54) is 0 Å². The van der Waals surface area contributed by atoms with Crippen LogP contribution in [0.25, 0.3) is 22.4 Å². The van der Waals surface area contributed by atoms with E-state index in [0.29, 0.717) is 46.1 Å². The van der Waals surface area contributed by atoms with E-state index in [1.54, 1.807) is 61.6 Å². The summed E-state index contributed by atoms with van der Waals surface area (Å²) in [6.45, 7) is 9.25. The summed E-state index contributed by atoms with van der Waals surface area (Å²) >= 11 is 0. The molecule has 0 fully saturated rings. The average molecular weight is 520 g/mol. The first-order valence-corrected chi connectivity index (χ1v) is 12.4. The first-order chi connectivity index (χ1) is 17.9. The van der Waals surface area contributed by atoms with E-state index < -0.39 is 11.6 Å². The normalized spacial score (nSPS) is 11.7. The van der Waals surface area contributed by atoms with Crippen molar-refractivity contribution in [2.45, 2.75) is 53.2 Å².